The van der Waals surface area contributed by atoms with Crippen molar-refractivity contribution in [1.29, 1.82) is 0 Å². The summed E-state index contributed by atoms with van der Waals surface area (Å²) in [5.74, 6) is -1.58. The Morgan fingerprint density at radius 2 is 2.04 bits per heavy atom. The summed E-state index contributed by atoms with van der Waals surface area (Å²) in [6.07, 6.45) is 1.36. The Balaban J connectivity index is 2.21. The van der Waals surface area contributed by atoms with Gasteiger partial charge in [0.1, 0.15) is 11.6 Å². The molecule has 0 bridgehead atoms. The molecule has 2 rings (SSSR count). The van der Waals surface area contributed by atoms with Crippen LogP contribution in [0.5, 0.6) is 0 Å². The van der Waals surface area contributed by atoms with Crippen LogP contribution in [0.2, 0.25) is 0 Å². The van der Waals surface area contributed by atoms with Gasteiger partial charge in [0.2, 0.25) is 5.91 Å². The maximum atomic E-state index is 12.7. The van der Waals surface area contributed by atoms with Gasteiger partial charge in [0.05, 0.1) is 7.11 Å². The number of nitrogens with zero attached hydrogens (tertiary/aromatic N) is 2. The number of ether oxygens (including phenoxy) is 2. The zero-order valence-corrected chi connectivity index (χ0v) is 14.3. The number of imide groups is 1. The Labute approximate surface area is 140 Å². The van der Waals surface area contributed by atoms with Crippen molar-refractivity contribution in [3.8, 4) is 0 Å². The highest BCUT2D eigenvalue weighted by Crippen LogP contribution is 2.29. The summed E-state index contributed by atoms with van der Waals surface area (Å²) in [5.41, 5.74) is -0.0394. The molecule has 2 heterocycles. The van der Waals surface area contributed by atoms with Crippen molar-refractivity contribution in [3.05, 3.63) is 30.1 Å². The van der Waals surface area contributed by atoms with Crippen molar-refractivity contribution in [2.45, 2.75) is 45.3 Å². The van der Waals surface area contributed by atoms with Gasteiger partial charge >= 0.3 is 12.1 Å². The Hall–Kier alpha value is -2.44. The predicted octanol–water partition coefficient (Wildman–Crippen LogP) is 1.95. The molecule has 2 atom stereocenters. The molecule has 0 aliphatic carbocycles. The molecule has 0 saturated carbocycles. The monoisotopic (exact) mass is 334 g/mol. The highest BCUT2D eigenvalue weighted by molar-refractivity contribution is 6.00. The van der Waals surface area contributed by atoms with Gasteiger partial charge in [-0.3, -0.25) is 9.78 Å². The van der Waals surface area contributed by atoms with Crippen LogP contribution in [0.25, 0.3) is 0 Å². The van der Waals surface area contributed by atoms with Crippen LogP contribution in [0.1, 0.15) is 32.9 Å². The molecule has 1 saturated heterocycles. The summed E-state index contributed by atoms with van der Waals surface area (Å²) in [6, 6.07) is 4.44. The molecule has 130 valence electrons. The van der Waals surface area contributed by atoms with Crippen LogP contribution < -0.4 is 0 Å². The van der Waals surface area contributed by atoms with Crippen LogP contribution in [0.4, 0.5) is 4.79 Å². The molecule has 1 unspecified atom stereocenters. The van der Waals surface area contributed by atoms with E-state index in [1.807, 2.05) is 6.07 Å². The normalized spacial score (nSPS) is 20.8. The van der Waals surface area contributed by atoms with Crippen LogP contribution in [0.3, 0.4) is 0 Å². The number of hydrogen-bond donors (Lipinski definition) is 0. The van der Waals surface area contributed by atoms with E-state index in [0.717, 1.165) is 10.6 Å². The Morgan fingerprint density at radius 3 is 2.58 bits per heavy atom. The van der Waals surface area contributed by atoms with Crippen LogP contribution in [0, 0.1) is 5.92 Å². The molecule has 7 heteroatoms. The van der Waals surface area contributed by atoms with Crippen LogP contribution >= 0.6 is 0 Å². The fourth-order valence-electron chi connectivity index (χ4n) is 2.63. The zero-order chi connectivity index (χ0) is 17.9. The number of amides is 2. The van der Waals surface area contributed by atoms with E-state index in [4.69, 9.17) is 9.47 Å². The van der Waals surface area contributed by atoms with Gasteiger partial charge in [-0.25, -0.2) is 14.5 Å². The second-order valence-corrected chi connectivity index (χ2v) is 6.69. The molecule has 1 aliphatic rings. The fourth-order valence-corrected chi connectivity index (χ4v) is 2.63. The van der Waals surface area contributed by atoms with E-state index in [0.29, 0.717) is 6.42 Å². The summed E-state index contributed by atoms with van der Waals surface area (Å²) >= 11 is 0. The third-order valence-corrected chi connectivity index (χ3v) is 3.65. The average Bonchev–Trinajstić information content (AvgIpc) is 2.83. The largest absolute Gasteiger partial charge is 0.467 e. The van der Waals surface area contributed by atoms with Crippen LogP contribution in [-0.2, 0) is 25.5 Å². The number of aromatic nitrogens is 1. The first kappa shape index (κ1) is 17.9. The predicted molar refractivity (Wildman–Crippen MR) is 84.9 cm³/mol. The van der Waals surface area contributed by atoms with E-state index >= 15 is 0 Å². The Morgan fingerprint density at radius 1 is 1.33 bits per heavy atom. The third kappa shape index (κ3) is 4.10. The lowest BCUT2D eigenvalue weighted by Gasteiger charge is -2.26. The summed E-state index contributed by atoms with van der Waals surface area (Å²) in [5, 5.41) is 0. The molecule has 0 spiro atoms. The average molecular weight is 334 g/mol. The van der Waals surface area contributed by atoms with Gasteiger partial charge in [0, 0.05) is 24.2 Å². The first-order chi connectivity index (χ1) is 11.2. The SMILES string of the molecule is COC(=O)[C@@H]1CC(Cc2ccccn2)C(=O)N1C(=O)OC(C)(C)C. The minimum absolute atomic E-state index is 0.196. The van der Waals surface area contributed by atoms with Crippen molar-refractivity contribution in [2.24, 2.45) is 5.92 Å². The topological polar surface area (TPSA) is 85.8 Å². The van der Waals surface area contributed by atoms with Gasteiger partial charge in [0.15, 0.2) is 0 Å². The second kappa shape index (κ2) is 6.98. The molecule has 0 aromatic carbocycles. The smallest absolute Gasteiger partial charge is 0.417 e. The zero-order valence-electron chi connectivity index (χ0n) is 14.3. The maximum Gasteiger partial charge on any atom is 0.417 e. The number of esters is 1. The van der Waals surface area contributed by atoms with E-state index in [-0.39, 0.29) is 6.42 Å². The maximum absolute atomic E-state index is 12.7. The number of carbonyl (C=O) groups excluding carboxylic acids is 3. The minimum atomic E-state index is -0.967. The molecule has 1 fully saturated rings. The highest BCUT2D eigenvalue weighted by Gasteiger charge is 2.48. The molecule has 1 aliphatic heterocycles. The van der Waals surface area contributed by atoms with Gasteiger partial charge in [-0.2, -0.15) is 0 Å². The van der Waals surface area contributed by atoms with Crippen LogP contribution in [0.15, 0.2) is 24.4 Å². The lowest BCUT2D eigenvalue weighted by atomic mass is 9.99. The Bertz CT molecular complexity index is 624. The quantitative estimate of drug-likeness (QED) is 0.785. The van der Waals surface area contributed by atoms with Gasteiger partial charge in [-0.15, -0.1) is 0 Å². The molecule has 0 radical (unpaired) electrons. The van der Waals surface area contributed by atoms with E-state index in [2.05, 4.69) is 4.98 Å². The lowest BCUT2D eigenvalue weighted by molar-refractivity contribution is -0.148. The summed E-state index contributed by atoms with van der Waals surface area (Å²) in [6.45, 7) is 5.10. The van der Waals surface area contributed by atoms with E-state index in [1.165, 1.54) is 7.11 Å². The fraction of sp³-hybridized carbons (Fsp3) is 0.529. The molecule has 7 nitrogen and oxygen atoms in total. The number of rotatable bonds is 3. The lowest BCUT2D eigenvalue weighted by Crippen LogP contribution is -2.46. The number of pyridine rings is 1. The standard InChI is InChI=1S/C17H22N2O5/c1-17(2,3)24-16(22)19-13(15(21)23-4)10-11(14(19)20)9-12-7-5-6-8-18-12/h5-8,11,13H,9-10H2,1-4H3/t11?,13-/m0/s1. The van der Waals surface area contributed by atoms with Gasteiger partial charge in [-0.1, -0.05) is 6.07 Å². The molecule has 24 heavy (non-hydrogen) atoms. The van der Waals surface area contributed by atoms with Crippen molar-refractivity contribution in [1.82, 2.24) is 9.88 Å². The number of carbonyl (C=O) groups is 3. The second-order valence-electron chi connectivity index (χ2n) is 6.69. The van der Waals surface area contributed by atoms with Crippen molar-refractivity contribution in [2.75, 3.05) is 7.11 Å². The molecule has 2 amide bonds. The molecule has 0 N–H and O–H groups in total. The van der Waals surface area contributed by atoms with E-state index < -0.39 is 35.5 Å². The first-order valence-corrected chi connectivity index (χ1v) is 7.76. The molecular formula is C17H22N2O5. The molecular weight excluding hydrogens is 312 g/mol. The van der Waals surface area contributed by atoms with E-state index in [9.17, 15) is 14.4 Å². The summed E-state index contributed by atoms with van der Waals surface area (Å²) in [4.78, 5) is 42.1. The number of methoxy groups -OCH3 is 1. The number of hydrogen-bond acceptors (Lipinski definition) is 6. The Kier molecular flexibility index (Phi) is 5.21. The van der Waals surface area contributed by atoms with E-state index in [1.54, 1.807) is 39.1 Å². The third-order valence-electron chi connectivity index (χ3n) is 3.65. The van der Waals surface area contributed by atoms with Crippen molar-refractivity contribution in [3.63, 3.8) is 0 Å². The van der Waals surface area contributed by atoms with Gasteiger partial charge in [-0.05, 0) is 39.3 Å². The van der Waals surface area contributed by atoms with Crippen LogP contribution in [-0.4, -0.2) is 46.6 Å². The summed E-state index contributed by atoms with van der Waals surface area (Å²) in [7, 11) is 1.23. The first-order valence-electron chi connectivity index (χ1n) is 7.76. The molecule has 1 aromatic heterocycles. The van der Waals surface area contributed by atoms with Gasteiger partial charge in [0.25, 0.3) is 0 Å². The summed E-state index contributed by atoms with van der Waals surface area (Å²) < 4.78 is 9.99. The molecule has 1 aromatic rings. The number of likely N-dealkylation sites (tertiary alicyclic amines) is 1. The van der Waals surface area contributed by atoms with Crippen molar-refractivity contribution >= 4 is 18.0 Å². The van der Waals surface area contributed by atoms with Gasteiger partial charge < -0.3 is 9.47 Å². The minimum Gasteiger partial charge on any atom is -0.467 e. The van der Waals surface area contributed by atoms with Crippen molar-refractivity contribution < 1.29 is 23.9 Å². The highest BCUT2D eigenvalue weighted by atomic mass is 16.6.